The molecule has 0 N–H and O–H groups in total. The van der Waals surface area contributed by atoms with Gasteiger partial charge in [-0.15, -0.1) is 0 Å². The largest absolute Gasteiger partial charge is 0.382 e. The summed E-state index contributed by atoms with van der Waals surface area (Å²) in [5.41, 5.74) is 0. The lowest BCUT2D eigenvalue weighted by Gasteiger charge is -1.92. The average Bonchev–Trinajstić information content (AvgIpc) is 3.44. The Balaban J connectivity index is 0. The molecule has 0 saturated carbocycles. The minimum absolute atomic E-state index is 0.426. The molecule has 0 aromatic heterocycles. The summed E-state index contributed by atoms with van der Waals surface area (Å²) in [6.07, 6.45) is 1.68. The van der Waals surface area contributed by atoms with Gasteiger partial charge in [0.1, 0.15) is 6.10 Å². The first-order valence-corrected chi connectivity index (χ1v) is 8.86. The van der Waals surface area contributed by atoms with Crippen LogP contribution in [-0.2, 0) is 9.47 Å². The molecule has 0 aliphatic carbocycles. The van der Waals surface area contributed by atoms with Crippen LogP contribution in [0.15, 0.2) is 48.5 Å². The van der Waals surface area contributed by atoms with Crippen LogP contribution in [0.25, 0.3) is 10.8 Å². The van der Waals surface area contributed by atoms with Crippen LogP contribution in [-0.4, -0.2) is 26.4 Å². The van der Waals surface area contributed by atoms with Crippen LogP contribution >= 0.6 is 0 Å². The van der Waals surface area contributed by atoms with Gasteiger partial charge in [-0.3, -0.25) is 0 Å². The molecule has 23 heavy (non-hydrogen) atoms. The molecular weight excluding hydrogens is 284 g/mol. The van der Waals surface area contributed by atoms with Gasteiger partial charge >= 0.3 is 0 Å². The maximum atomic E-state index is 4.82. The number of hydrogen-bond acceptors (Lipinski definition) is 2. The summed E-state index contributed by atoms with van der Waals surface area (Å²) in [4.78, 5) is 0. The van der Waals surface area contributed by atoms with Gasteiger partial charge in [-0.05, 0) is 10.8 Å². The van der Waals surface area contributed by atoms with Gasteiger partial charge in [0.25, 0.3) is 0 Å². The third kappa shape index (κ3) is 14.0. The third-order valence-electron chi connectivity index (χ3n) is 2.41. The number of rotatable bonds is 2. The first kappa shape index (κ1) is 23.9. The van der Waals surface area contributed by atoms with Gasteiger partial charge in [0.2, 0.25) is 0 Å². The van der Waals surface area contributed by atoms with Gasteiger partial charge in [0.15, 0.2) is 0 Å². The van der Waals surface area contributed by atoms with Crippen LogP contribution in [0.5, 0.6) is 0 Å². The molecule has 0 amide bonds. The van der Waals surface area contributed by atoms with E-state index in [4.69, 9.17) is 9.47 Å². The van der Waals surface area contributed by atoms with Crippen molar-refractivity contribution in [3.63, 3.8) is 0 Å². The molecule has 2 aromatic carbocycles. The van der Waals surface area contributed by atoms with Gasteiger partial charge in [-0.2, -0.15) is 0 Å². The van der Waals surface area contributed by atoms with Gasteiger partial charge in [0, 0.05) is 7.11 Å². The summed E-state index contributed by atoms with van der Waals surface area (Å²) in [6, 6.07) is 16.7. The maximum Gasteiger partial charge on any atom is 0.104 e. The lowest BCUT2D eigenvalue weighted by atomic mass is 10.1. The van der Waals surface area contributed by atoms with E-state index in [9.17, 15) is 0 Å². The summed E-state index contributed by atoms with van der Waals surface area (Å²) in [7, 11) is 1.68. The van der Waals surface area contributed by atoms with Crippen molar-refractivity contribution >= 4 is 10.8 Å². The zero-order valence-electron chi connectivity index (χ0n) is 16.1. The van der Waals surface area contributed by atoms with Gasteiger partial charge in [-0.1, -0.05) is 96.5 Å². The standard InChI is InChI=1S/C10H8.C4H8O2.C3H8.2C2H6/c1-2-6-10-8-4-3-7-9(10)5-1;1-5-2-4-3-6-4;1-3-2;2*1-2/h1-8H;4H,2-3H2,1H3;3H2,1-2H3;2*1-2H3. The van der Waals surface area contributed by atoms with E-state index < -0.39 is 0 Å². The van der Waals surface area contributed by atoms with Crippen LogP contribution in [0.3, 0.4) is 0 Å². The van der Waals surface area contributed by atoms with Crippen molar-refractivity contribution in [2.75, 3.05) is 20.3 Å². The molecule has 0 bridgehead atoms. The Labute approximate surface area is 143 Å². The fourth-order valence-electron chi connectivity index (χ4n) is 1.48. The average molecular weight is 321 g/mol. The highest BCUT2D eigenvalue weighted by molar-refractivity contribution is 5.81. The molecule has 2 aromatic rings. The summed E-state index contributed by atoms with van der Waals surface area (Å²) in [5.74, 6) is 0. The first-order chi connectivity index (χ1) is 11.3. The molecule has 2 nitrogen and oxygen atoms in total. The van der Waals surface area contributed by atoms with Crippen LogP contribution in [0.1, 0.15) is 48.0 Å². The second-order valence-corrected chi connectivity index (χ2v) is 4.46. The molecule has 1 unspecified atom stereocenters. The quantitative estimate of drug-likeness (QED) is 0.602. The summed E-state index contributed by atoms with van der Waals surface area (Å²) < 4.78 is 9.56. The van der Waals surface area contributed by atoms with Gasteiger partial charge in [0.05, 0.1) is 13.2 Å². The first-order valence-electron chi connectivity index (χ1n) is 8.86. The Bertz CT molecular complexity index is 385. The Hall–Kier alpha value is -1.38. The smallest absolute Gasteiger partial charge is 0.104 e. The number of ether oxygens (including phenoxy) is 2. The normalized spacial score (nSPS) is 13.6. The molecule has 1 atom stereocenters. The summed E-state index contributed by atoms with van der Waals surface area (Å²) in [5, 5.41) is 2.62. The van der Waals surface area contributed by atoms with E-state index in [1.165, 1.54) is 17.2 Å². The van der Waals surface area contributed by atoms with E-state index in [0.29, 0.717) is 6.10 Å². The topological polar surface area (TPSA) is 21.8 Å². The second-order valence-electron chi connectivity index (χ2n) is 4.46. The number of methoxy groups -OCH3 is 1. The zero-order valence-corrected chi connectivity index (χ0v) is 16.1. The highest BCUT2D eigenvalue weighted by Crippen LogP contribution is 2.11. The number of hydrogen-bond donors (Lipinski definition) is 0. The second kappa shape index (κ2) is 18.7. The third-order valence-corrected chi connectivity index (χ3v) is 2.41. The van der Waals surface area contributed by atoms with E-state index in [1.807, 2.05) is 27.7 Å². The van der Waals surface area contributed by atoms with E-state index in [0.717, 1.165) is 13.2 Å². The lowest BCUT2D eigenvalue weighted by molar-refractivity contribution is 0.171. The number of benzene rings is 2. The van der Waals surface area contributed by atoms with Crippen molar-refractivity contribution in [1.29, 1.82) is 0 Å². The Morgan fingerprint density at radius 2 is 1.17 bits per heavy atom. The van der Waals surface area contributed by atoms with Gasteiger partial charge < -0.3 is 9.47 Å². The number of epoxide rings is 1. The lowest BCUT2D eigenvalue weighted by Crippen LogP contribution is -1.94. The molecule has 3 rings (SSSR count). The fraction of sp³-hybridized carbons (Fsp3) is 0.524. The molecule has 1 aliphatic heterocycles. The Kier molecular flexibility index (Phi) is 19.4. The van der Waals surface area contributed by atoms with Crippen molar-refractivity contribution in [2.24, 2.45) is 0 Å². The summed E-state index contributed by atoms with van der Waals surface area (Å²) in [6.45, 7) is 13.9. The van der Waals surface area contributed by atoms with E-state index in [-0.39, 0.29) is 0 Å². The number of fused-ring (bicyclic) bond motifs is 1. The molecular formula is C21H36O2. The van der Waals surface area contributed by atoms with E-state index in [1.54, 1.807) is 7.11 Å². The zero-order chi connectivity index (χ0) is 17.9. The molecule has 1 heterocycles. The highest BCUT2D eigenvalue weighted by atomic mass is 16.6. The highest BCUT2D eigenvalue weighted by Gasteiger charge is 2.21. The van der Waals surface area contributed by atoms with E-state index >= 15 is 0 Å². The van der Waals surface area contributed by atoms with Crippen molar-refractivity contribution in [2.45, 2.75) is 54.1 Å². The molecule has 1 aliphatic rings. The minimum Gasteiger partial charge on any atom is -0.382 e. The minimum atomic E-state index is 0.426. The predicted octanol–water partition coefficient (Wildman–Crippen LogP) is 6.34. The monoisotopic (exact) mass is 320 g/mol. The summed E-state index contributed by atoms with van der Waals surface area (Å²) >= 11 is 0. The molecule has 0 spiro atoms. The SMILES string of the molecule is CC.CC.CCC.COCC1CO1.c1ccc2ccccc2c1. The van der Waals surface area contributed by atoms with Crippen LogP contribution in [0.2, 0.25) is 0 Å². The van der Waals surface area contributed by atoms with Crippen LogP contribution < -0.4 is 0 Å². The van der Waals surface area contributed by atoms with Crippen molar-refractivity contribution < 1.29 is 9.47 Å². The molecule has 1 fully saturated rings. The Morgan fingerprint density at radius 1 is 0.870 bits per heavy atom. The molecule has 0 radical (unpaired) electrons. The van der Waals surface area contributed by atoms with Crippen LogP contribution in [0, 0.1) is 0 Å². The van der Waals surface area contributed by atoms with Crippen LogP contribution in [0.4, 0.5) is 0 Å². The molecule has 132 valence electrons. The molecule has 2 heteroatoms. The predicted molar refractivity (Wildman–Crippen MR) is 104 cm³/mol. The molecule has 1 saturated heterocycles. The maximum absolute atomic E-state index is 4.82. The fourth-order valence-corrected chi connectivity index (χ4v) is 1.48. The van der Waals surface area contributed by atoms with Crippen molar-refractivity contribution in [3.8, 4) is 0 Å². The van der Waals surface area contributed by atoms with Crippen molar-refractivity contribution in [3.05, 3.63) is 48.5 Å². The Morgan fingerprint density at radius 3 is 1.35 bits per heavy atom. The van der Waals surface area contributed by atoms with Gasteiger partial charge in [-0.25, -0.2) is 0 Å². The van der Waals surface area contributed by atoms with Crippen molar-refractivity contribution in [1.82, 2.24) is 0 Å². The van der Waals surface area contributed by atoms with E-state index in [2.05, 4.69) is 62.4 Å².